The van der Waals surface area contributed by atoms with E-state index in [0.29, 0.717) is 0 Å². The van der Waals surface area contributed by atoms with Crippen LogP contribution in [0.2, 0.25) is 0 Å². The van der Waals surface area contributed by atoms with E-state index in [9.17, 15) is 0 Å². The maximum Gasteiger partial charge on any atom is 0.0585 e. The summed E-state index contributed by atoms with van der Waals surface area (Å²) in [6, 6.07) is 0. The fourth-order valence-corrected chi connectivity index (χ4v) is 2.87. The van der Waals surface area contributed by atoms with Gasteiger partial charge in [0.15, 0.2) is 0 Å². The number of ether oxygens (including phenoxy) is 2. The van der Waals surface area contributed by atoms with Crippen molar-refractivity contribution < 1.29 is 9.47 Å². The first-order valence-electron chi connectivity index (χ1n) is 4.26. The molecule has 0 aromatic rings. The fourth-order valence-electron chi connectivity index (χ4n) is 1.51. The zero-order chi connectivity index (χ0) is 7.52. The summed E-state index contributed by atoms with van der Waals surface area (Å²) in [6.07, 6.45) is 2.47. The maximum atomic E-state index is 5.31. The Labute approximate surface area is 71.6 Å². The first-order valence-corrected chi connectivity index (χ1v) is 5.20. The van der Waals surface area contributed by atoms with Gasteiger partial charge in [-0.2, -0.15) is 11.8 Å². The normalized spacial score (nSPS) is 38.2. The van der Waals surface area contributed by atoms with E-state index in [-0.39, 0.29) is 0 Å². The second-order valence-corrected chi connectivity index (χ2v) is 4.71. The van der Waals surface area contributed by atoms with Gasteiger partial charge in [0.2, 0.25) is 0 Å². The van der Waals surface area contributed by atoms with E-state index in [4.69, 9.17) is 9.47 Å². The van der Waals surface area contributed by atoms with E-state index in [0.717, 1.165) is 36.9 Å². The Morgan fingerprint density at radius 1 is 0.909 bits per heavy atom. The highest BCUT2D eigenvalue weighted by Crippen LogP contribution is 2.29. The van der Waals surface area contributed by atoms with Gasteiger partial charge in [0.1, 0.15) is 0 Å². The second-order valence-electron chi connectivity index (χ2n) is 3.11. The Hall–Kier alpha value is 0.270. The molecule has 64 valence electrons. The van der Waals surface area contributed by atoms with Crippen molar-refractivity contribution in [2.45, 2.75) is 23.3 Å². The standard InChI is InChI=1S/C8H14O2S/c1-3-9-5-7(1)11-8-2-4-10-6-8/h7-8H,1-6H2. The molecule has 2 unspecified atom stereocenters. The van der Waals surface area contributed by atoms with Gasteiger partial charge in [-0.15, -0.1) is 0 Å². The Morgan fingerprint density at radius 3 is 1.82 bits per heavy atom. The molecule has 0 N–H and O–H groups in total. The lowest BCUT2D eigenvalue weighted by Gasteiger charge is -2.11. The number of hydrogen-bond acceptors (Lipinski definition) is 3. The average Bonchev–Trinajstić information content (AvgIpc) is 2.60. The molecular weight excluding hydrogens is 160 g/mol. The lowest BCUT2D eigenvalue weighted by molar-refractivity contribution is 0.197. The SMILES string of the molecule is C1CC(SC2CCOC2)CO1. The van der Waals surface area contributed by atoms with Crippen LogP contribution in [0.15, 0.2) is 0 Å². The molecule has 0 saturated carbocycles. The molecule has 2 aliphatic rings. The van der Waals surface area contributed by atoms with Gasteiger partial charge >= 0.3 is 0 Å². The van der Waals surface area contributed by atoms with Crippen LogP contribution in [0.1, 0.15) is 12.8 Å². The first-order chi connectivity index (χ1) is 5.45. The number of rotatable bonds is 2. The molecule has 0 amide bonds. The summed E-state index contributed by atoms with van der Waals surface area (Å²) in [5, 5.41) is 1.50. The first kappa shape index (κ1) is 7.90. The highest BCUT2D eigenvalue weighted by atomic mass is 32.2. The Morgan fingerprint density at radius 2 is 1.45 bits per heavy atom. The molecule has 2 fully saturated rings. The van der Waals surface area contributed by atoms with Gasteiger partial charge in [-0.3, -0.25) is 0 Å². The summed E-state index contributed by atoms with van der Waals surface area (Å²) in [5.41, 5.74) is 0. The Bertz CT molecular complexity index is 103. The Balaban J connectivity index is 1.71. The zero-order valence-electron chi connectivity index (χ0n) is 6.62. The van der Waals surface area contributed by atoms with E-state index < -0.39 is 0 Å². The maximum absolute atomic E-state index is 5.31. The van der Waals surface area contributed by atoms with Crippen LogP contribution in [0.4, 0.5) is 0 Å². The van der Waals surface area contributed by atoms with Gasteiger partial charge in [0.05, 0.1) is 13.2 Å². The third-order valence-corrected chi connectivity index (χ3v) is 3.67. The highest BCUT2D eigenvalue weighted by Gasteiger charge is 2.23. The van der Waals surface area contributed by atoms with Crippen LogP contribution < -0.4 is 0 Å². The minimum absolute atomic E-state index is 0.752. The third kappa shape index (κ3) is 2.10. The zero-order valence-corrected chi connectivity index (χ0v) is 7.44. The van der Waals surface area contributed by atoms with Crippen LogP contribution in [0.5, 0.6) is 0 Å². The molecule has 2 nitrogen and oxygen atoms in total. The van der Waals surface area contributed by atoms with Crippen LogP contribution in [-0.4, -0.2) is 36.9 Å². The molecule has 0 aromatic heterocycles. The van der Waals surface area contributed by atoms with Crippen molar-refractivity contribution in [3.63, 3.8) is 0 Å². The molecule has 2 aliphatic heterocycles. The van der Waals surface area contributed by atoms with Gasteiger partial charge in [0, 0.05) is 23.7 Å². The van der Waals surface area contributed by atoms with E-state index in [1.165, 1.54) is 12.8 Å². The average molecular weight is 174 g/mol. The van der Waals surface area contributed by atoms with Gasteiger partial charge in [-0.1, -0.05) is 0 Å². The van der Waals surface area contributed by atoms with Crippen LogP contribution in [0.25, 0.3) is 0 Å². The summed E-state index contributed by atoms with van der Waals surface area (Å²) >= 11 is 2.06. The van der Waals surface area contributed by atoms with Crippen molar-refractivity contribution >= 4 is 11.8 Å². The summed E-state index contributed by atoms with van der Waals surface area (Å²) in [5.74, 6) is 0. The molecule has 0 radical (unpaired) electrons. The van der Waals surface area contributed by atoms with E-state index in [1.807, 2.05) is 0 Å². The van der Waals surface area contributed by atoms with Crippen LogP contribution in [0.3, 0.4) is 0 Å². The van der Waals surface area contributed by atoms with Crippen LogP contribution in [-0.2, 0) is 9.47 Å². The molecular formula is C8H14O2S. The van der Waals surface area contributed by atoms with E-state index >= 15 is 0 Å². The largest absolute Gasteiger partial charge is 0.380 e. The summed E-state index contributed by atoms with van der Waals surface area (Å²) in [4.78, 5) is 0. The van der Waals surface area contributed by atoms with Crippen molar-refractivity contribution in [3.05, 3.63) is 0 Å². The third-order valence-electron chi connectivity index (χ3n) is 2.16. The van der Waals surface area contributed by atoms with E-state index in [2.05, 4.69) is 11.8 Å². The molecule has 11 heavy (non-hydrogen) atoms. The van der Waals surface area contributed by atoms with Crippen LogP contribution in [0, 0.1) is 0 Å². The summed E-state index contributed by atoms with van der Waals surface area (Å²) < 4.78 is 10.6. The summed E-state index contributed by atoms with van der Waals surface area (Å²) in [7, 11) is 0. The van der Waals surface area contributed by atoms with E-state index in [1.54, 1.807) is 0 Å². The smallest absolute Gasteiger partial charge is 0.0585 e. The van der Waals surface area contributed by atoms with Gasteiger partial charge in [-0.25, -0.2) is 0 Å². The molecule has 0 aliphatic carbocycles. The molecule has 2 atom stereocenters. The molecule has 0 aromatic carbocycles. The Kier molecular flexibility index (Phi) is 2.72. The fraction of sp³-hybridized carbons (Fsp3) is 1.00. The van der Waals surface area contributed by atoms with Crippen molar-refractivity contribution in [2.75, 3.05) is 26.4 Å². The monoisotopic (exact) mass is 174 g/mol. The van der Waals surface area contributed by atoms with Gasteiger partial charge < -0.3 is 9.47 Å². The number of hydrogen-bond donors (Lipinski definition) is 0. The minimum atomic E-state index is 0.752. The van der Waals surface area contributed by atoms with Gasteiger partial charge in [0.25, 0.3) is 0 Å². The van der Waals surface area contributed by atoms with Crippen molar-refractivity contribution in [3.8, 4) is 0 Å². The number of thioether (sulfide) groups is 1. The molecule has 3 heteroatoms. The van der Waals surface area contributed by atoms with Crippen molar-refractivity contribution in [1.82, 2.24) is 0 Å². The lowest BCUT2D eigenvalue weighted by Crippen LogP contribution is -2.10. The molecule has 0 bridgehead atoms. The minimum Gasteiger partial charge on any atom is -0.380 e. The second kappa shape index (κ2) is 3.78. The predicted octanol–water partition coefficient (Wildman–Crippen LogP) is 1.30. The molecule has 2 saturated heterocycles. The highest BCUT2D eigenvalue weighted by molar-refractivity contribution is 8.00. The topological polar surface area (TPSA) is 18.5 Å². The van der Waals surface area contributed by atoms with Crippen molar-refractivity contribution in [1.29, 1.82) is 0 Å². The van der Waals surface area contributed by atoms with Crippen LogP contribution >= 0.6 is 11.8 Å². The molecule has 2 rings (SSSR count). The molecule has 0 spiro atoms. The molecule has 2 heterocycles. The summed E-state index contributed by atoms with van der Waals surface area (Å²) in [6.45, 7) is 3.85. The lowest BCUT2D eigenvalue weighted by atomic mass is 10.4. The quantitative estimate of drug-likeness (QED) is 0.628. The van der Waals surface area contributed by atoms with Gasteiger partial charge in [-0.05, 0) is 12.8 Å². The van der Waals surface area contributed by atoms with Crippen molar-refractivity contribution in [2.24, 2.45) is 0 Å². The predicted molar refractivity (Wildman–Crippen MR) is 46.0 cm³/mol.